The Balaban J connectivity index is 1.59. The van der Waals surface area contributed by atoms with E-state index in [0.717, 1.165) is 0 Å². The number of amides is 3. The molecule has 9 heteroatoms. The van der Waals surface area contributed by atoms with Gasteiger partial charge in [-0.15, -0.1) is 0 Å². The van der Waals surface area contributed by atoms with Crippen LogP contribution in [0.4, 0.5) is 4.39 Å². The molecule has 1 N–H and O–H groups in total. The number of ether oxygens (including phenoxy) is 2. The van der Waals surface area contributed by atoms with E-state index < -0.39 is 23.5 Å². The van der Waals surface area contributed by atoms with Crippen LogP contribution in [0.1, 0.15) is 47.4 Å². The van der Waals surface area contributed by atoms with Crippen molar-refractivity contribution in [2.75, 3.05) is 33.4 Å². The highest BCUT2D eigenvalue weighted by molar-refractivity contribution is 5.99. The summed E-state index contributed by atoms with van der Waals surface area (Å²) in [5.74, 6) is -0.817. The number of nitrogens with zero attached hydrogens (tertiary/aromatic N) is 2. The quantitative estimate of drug-likeness (QED) is 0.663. The molecule has 0 aromatic heterocycles. The number of benzene rings is 2. The minimum Gasteiger partial charge on any atom is -0.497 e. The predicted octanol–water partition coefficient (Wildman–Crippen LogP) is 3.08. The second-order valence-corrected chi connectivity index (χ2v) is 9.59. The molecule has 0 bridgehead atoms. The SMILES string of the molecule is COc1cccc(C(=O)N2C(C(=O)NCC(C)C)COC23CCN(C(=O)c2ccccc2F)CC3)c1. The predicted molar refractivity (Wildman–Crippen MR) is 131 cm³/mol. The van der Waals surface area contributed by atoms with Gasteiger partial charge < -0.3 is 19.7 Å². The Labute approximate surface area is 210 Å². The van der Waals surface area contributed by atoms with Gasteiger partial charge in [-0.3, -0.25) is 19.3 Å². The number of methoxy groups -OCH3 is 1. The molecule has 2 fully saturated rings. The van der Waals surface area contributed by atoms with E-state index in [1.807, 2.05) is 13.8 Å². The molecular formula is C27H32FN3O5. The van der Waals surface area contributed by atoms with Gasteiger partial charge in [0.2, 0.25) is 5.91 Å². The molecule has 2 saturated heterocycles. The standard InChI is InChI=1S/C27H32FN3O5/c1-18(2)16-29-24(32)23-17-36-27(31(23)25(33)19-7-6-8-20(15-19)35-3)11-13-30(14-12-27)26(34)21-9-4-5-10-22(21)28/h4-10,15,18,23H,11-14,16-17H2,1-3H3,(H,29,32). The molecular weight excluding hydrogens is 465 g/mol. The summed E-state index contributed by atoms with van der Waals surface area (Å²) in [5, 5.41) is 2.92. The minimum atomic E-state index is -1.05. The van der Waals surface area contributed by atoms with Crippen LogP contribution in [0.5, 0.6) is 5.75 Å². The number of rotatable bonds is 6. The molecule has 2 aliphatic rings. The lowest BCUT2D eigenvalue weighted by molar-refractivity contribution is -0.128. The van der Waals surface area contributed by atoms with Crippen molar-refractivity contribution in [3.05, 3.63) is 65.5 Å². The summed E-state index contributed by atoms with van der Waals surface area (Å²) in [5.41, 5.74) is -0.659. The number of likely N-dealkylation sites (tertiary alicyclic amines) is 1. The first-order valence-corrected chi connectivity index (χ1v) is 12.2. The zero-order valence-electron chi connectivity index (χ0n) is 20.8. The van der Waals surface area contributed by atoms with Crippen LogP contribution in [0.25, 0.3) is 0 Å². The molecule has 36 heavy (non-hydrogen) atoms. The van der Waals surface area contributed by atoms with Crippen LogP contribution >= 0.6 is 0 Å². The second kappa shape index (κ2) is 10.7. The molecule has 1 unspecified atom stereocenters. The highest BCUT2D eigenvalue weighted by atomic mass is 19.1. The van der Waals surface area contributed by atoms with Crippen molar-refractivity contribution in [1.29, 1.82) is 0 Å². The van der Waals surface area contributed by atoms with Crippen LogP contribution < -0.4 is 10.1 Å². The summed E-state index contributed by atoms with van der Waals surface area (Å²) in [6.07, 6.45) is 0.605. The molecule has 192 valence electrons. The first-order valence-electron chi connectivity index (χ1n) is 12.2. The zero-order chi connectivity index (χ0) is 25.9. The summed E-state index contributed by atoms with van der Waals surface area (Å²) < 4.78 is 25.7. The highest BCUT2D eigenvalue weighted by Crippen LogP contribution is 2.39. The fourth-order valence-electron chi connectivity index (χ4n) is 4.75. The number of nitrogens with one attached hydrogen (secondary N) is 1. The maximum absolute atomic E-state index is 14.2. The molecule has 0 saturated carbocycles. The molecule has 2 aliphatic heterocycles. The molecule has 1 atom stereocenters. The van der Waals surface area contributed by atoms with Crippen LogP contribution in [0, 0.1) is 11.7 Å². The molecule has 4 rings (SSSR count). The summed E-state index contributed by atoms with van der Waals surface area (Å²) in [7, 11) is 1.52. The summed E-state index contributed by atoms with van der Waals surface area (Å²) in [4.78, 5) is 43.0. The van der Waals surface area contributed by atoms with Gasteiger partial charge in [0.1, 0.15) is 23.3 Å². The van der Waals surface area contributed by atoms with Gasteiger partial charge in [0.25, 0.3) is 11.8 Å². The summed E-state index contributed by atoms with van der Waals surface area (Å²) in [6.45, 7) is 5.04. The molecule has 0 aliphatic carbocycles. The van der Waals surface area contributed by atoms with E-state index in [9.17, 15) is 18.8 Å². The first-order chi connectivity index (χ1) is 17.3. The van der Waals surface area contributed by atoms with Gasteiger partial charge >= 0.3 is 0 Å². The average molecular weight is 498 g/mol. The van der Waals surface area contributed by atoms with Crippen molar-refractivity contribution in [2.45, 2.75) is 38.5 Å². The van der Waals surface area contributed by atoms with Crippen LogP contribution in [-0.2, 0) is 9.53 Å². The van der Waals surface area contributed by atoms with Crippen molar-refractivity contribution in [3.8, 4) is 5.75 Å². The Morgan fingerprint density at radius 2 is 1.83 bits per heavy atom. The number of carbonyl (C=O) groups excluding carboxylic acids is 3. The van der Waals surface area contributed by atoms with Gasteiger partial charge in [0.05, 0.1) is 19.3 Å². The normalized spacial score (nSPS) is 19.0. The van der Waals surface area contributed by atoms with Crippen LogP contribution in [-0.4, -0.2) is 72.6 Å². The molecule has 2 aromatic carbocycles. The van der Waals surface area contributed by atoms with E-state index in [2.05, 4.69) is 5.32 Å². The third kappa shape index (κ3) is 5.06. The van der Waals surface area contributed by atoms with Gasteiger partial charge in [-0.25, -0.2) is 4.39 Å². The van der Waals surface area contributed by atoms with Gasteiger partial charge in [-0.1, -0.05) is 32.0 Å². The smallest absolute Gasteiger partial charge is 0.257 e. The second-order valence-electron chi connectivity index (χ2n) is 9.59. The largest absolute Gasteiger partial charge is 0.497 e. The highest BCUT2D eigenvalue weighted by Gasteiger charge is 2.54. The van der Waals surface area contributed by atoms with Gasteiger partial charge in [0.15, 0.2) is 0 Å². The van der Waals surface area contributed by atoms with Crippen molar-refractivity contribution < 1.29 is 28.2 Å². The third-order valence-electron chi connectivity index (χ3n) is 6.72. The molecule has 3 amide bonds. The van der Waals surface area contributed by atoms with E-state index in [0.29, 0.717) is 30.7 Å². The maximum Gasteiger partial charge on any atom is 0.257 e. The van der Waals surface area contributed by atoms with Crippen molar-refractivity contribution in [1.82, 2.24) is 15.1 Å². The van der Waals surface area contributed by atoms with Gasteiger partial charge in [0, 0.05) is 38.0 Å². The van der Waals surface area contributed by atoms with E-state index in [4.69, 9.17) is 9.47 Å². The number of hydrogen-bond acceptors (Lipinski definition) is 5. The van der Waals surface area contributed by atoms with Crippen molar-refractivity contribution in [2.24, 2.45) is 5.92 Å². The lowest BCUT2D eigenvalue weighted by Gasteiger charge is -2.44. The minimum absolute atomic E-state index is 0.0102. The van der Waals surface area contributed by atoms with E-state index >= 15 is 0 Å². The summed E-state index contributed by atoms with van der Waals surface area (Å²) >= 11 is 0. The topological polar surface area (TPSA) is 88.2 Å². The number of carbonyl (C=O) groups is 3. The maximum atomic E-state index is 14.2. The van der Waals surface area contributed by atoms with Crippen LogP contribution in [0.2, 0.25) is 0 Å². The molecule has 2 heterocycles. The molecule has 0 radical (unpaired) electrons. The fourth-order valence-corrected chi connectivity index (χ4v) is 4.75. The first kappa shape index (κ1) is 25.6. The Kier molecular flexibility index (Phi) is 7.59. The van der Waals surface area contributed by atoms with Crippen molar-refractivity contribution >= 4 is 17.7 Å². The average Bonchev–Trinajstić information content (AvgIpc) is 3.25. The summed E-state index contributed by atoms with van der Waals surface area (Å²) in [6, 6.07) is 11.8. The van der Waals surface area contributed by atoms with E-state index in [1.54, 1.807) is 35.2 Å². The Bertz CT molecular complexity index is 1130. The number of halogens is 1. The third-order valence-corrected chi connectivity index (χ3v) is 6.72. The van der Waals surface area contributed by atoms with Crippen LogP contribution in [0.15, 0.2) is 48.5 Å². The Morgan fingerprint density at radius 3 is 2.50 bits per heavy atom. The van der Waals surface area contributed by atoms with Gasteiger partial charge in [-0.2, -0.15) is 0 Å². The van der Waals surface area contributed by atoms with Gasteiger partial charge in [-0.05, 0) is 36.2 Å². The fraction of sp³-hybridized carbons (Fsp3) is 0.444. The Hall–Kier alpha value is -3.46. The van der Waals surface area contributed by atoms with Crippen LogP contribution in [0.3, 0.4) is 0 Å². The Morgan fingerprint density at radius 1 is 1.11 bits per heavy atom. The van der Waals surface area contributed by atoms with E-state index in [-0.39, 0.29) is 43.0 Å². The molecule has 8 nitrogen and oxygen atoms in total. The molecule has 1 spiro atoms. The monoisotopic (exact) mass is 497 g/mol. The zero-order valence-corrected chi connectivity index (χ0v) is 20.8. The lowest BCUT2D eigenvalue weighted by atomic mass is 9.96. The van der Waals surface area contributed by atoms with Crippen molar-refractivity contribution in [3.63, 3.8) is 0 Å². The lowest BCUT2D eigenvalue weighted by Crippen LogP contribution is -2.60. The number of hydrogen-bond donors (Lipinski definition) is 1. The number of piperidine rings is 1. The van der Waals surface area contributed by atoms with E-state index in [1.165, 1.54) is 30.2 Å². The molecule has 2 aromatic rings.